The third kappa shape index (κ3) is 4.23. The summed E-state index contributed by atoms with van der Waals surface area (Å²) < 4.78 is 16.3. The predicted molar refractivity (Wildman–Crippen MR) is 86.6 cm³/mol. The van der Waals surface area contributed by atoms with Crippen molar-refractivity contribution in [3.05, 3.63) is 42.5 Å². The highest BCUT2D eigenvalue weighted by Crippen LogP contribution is 2.31. The van der Waals surface area contributed by atoms with E-state index in [1.165, 1.54) is 0 Å². The molecule has 0 saturated heterocycles. The average molecular weight is 305 g/mol. The van der Waals surface area contributed by atoms with E-state index in [-0.39, 0.29) is 0 Å². The second kappa shape index (κ2) is 7.69. The van der Waals surface area contributed by atoms with E-state index in [4.69, 9.17) is 19.9 Å². The van der Waals surface area contributed by atoms with Crippen LogP contribution in [-0.2, 0) is 0 Å². The molecule has 112 valence electrons. The third-order valence-electron chi connectivity index (χ3n) is 2.86. The fourth-order valence-corrected chi connectivity index (χ4v) is 2.68. The highest BCUT2D eigenvalue weighted by Gasteiger charge is 2.05. The van der Waals surface area contributed by atoms with E-state index >= 15 is 0 Å². The van der Waals surface area contributed by atoms with Gasteiger partial charge in [-0.05, 0) is 24.3 Å². The van der Waals surface area contributed by atoms with Gasteiger partial charge in [-0.1, -0.05) is 12.1 Å². The monoisotopic (exact) mass is 305 g/mol. The predicted octanol–water partition coefficient (Wildman–Crippen LogP) is 3.46. The van der Waals surface area contributed by atoms with E-state index in [0.29, 0.717) is 12.3 Å². The molecule has 21 heavy (non-hydrogen) atoms. The maximum atomic E-state index is 5.74. The lowest BCUT2D eigenvalue weighted by Crippen LogP contribution is -2.02. The molecule has 0 heterocycles. The van der Waals surface area contributed by atoms with Gasteiger partial charge in [0.1, 0.15) is 5.75 Å². The lowest BCUT2D eigenvalue weighted by atomic mass is 10.3. The number of thioether (sulfide) groups is 1. The van der Waals surface area contributed by atoms with Crippen LogP contribution in [-0.4, -0.2) is 26.6 Å². The zero-order chi connectivity index (χ0) is 15.1. The molecular weight excluding hydrogens is 286 g/mol. The molecule has 0 radical (unpaired) electrons. The van der Waals surface area contributed by atoms with Gasteiger partial charge in [-0.2, -0.15) is 0 Å². The molecule has 0 saturated carbocycles. The van der Waals surface area contributed by atoms with Gasteiger partial charge >= 0.3 is 0 Å². The van der Waals surface area contributed by atoms with E-state index in [9.17, 15) is 0 Å². The Morgan fingerprint density at radius 3 is 2.38 bits per heavy atom. The largest absolute Gasteiger partial charge is 0.496 e. The Labute approximate surface area is 129 Å². The molecule has 5 heteroatoms. The highest BCUT2D eigenvalue weighted by molar-refractivity contribution is 7.99. The summed E-state index contributed by atoms with van der Waals surface area (Å²) in [5.41, 5.74) is 6.43. The van der Waals surface area contributed by atoms with E-state index in [1.807, 2.05) is 42.5 Å². The van der Waals surface area contributed by atoms with Gasteiger partial charge in [-0.25, -0.2) is 0 Å². The summed E-state index contributed by atoms with van der Waals surface area (Å²) in [5, 5.41) is 0. The minimum absolute atomic E-state index is 0.582. The first-order valence-electron chi connectivity index (χ1n) is 6.56. The molecule has 0 aliphatic rings. The van der Waals surface area contributed by atoms with Crippen LogP contribution in [0.3, 0.4) is 0 Å². The number of hydrogen-bond donors (Lipinski definition) is 1. The van der Waals surface area contributed by atoms with E-state index in [0.717, 1.165) is 27.9 Å². The smallest absolute Gasteiger partial charge is 0.161 e. The molecule has 2 aromatic carbocycles. The Morgan fingerprint density at radius 2 is 1.67 bits per heavy atom. The summed E-state index contributed by atoms with van der Waals surface area (Å²) >= 11 is 1.67. The van der Waals surface area contributed by atoms with Gasteiger partial charge in [0, 0.05) is 22.4 Å². The normalized spacial score (nSPS) is 10.2. The number of ether oxygens (including phenoxy) is 3. The quantitative estimate of drug-likeness (QED) is 0.482. The number of nitrogens with two attached hydrogens (primary N) is 1. The third-order valence-corrected chi connectivity index (χ3v) is 3.87. The van der Waals surface area contributed by atoms with Crippen molar-refractivity contribution in [3.63, 3.8) is 0 Å². The van der Waals surface area contributed by atoms with Gasteiger partial charge < -0.3 is 19.9 Å². The lowest BCUT2D eigenvalue weighted by molar-refractivity contribution is 0.313. The molecule has 2 rings (SSSR count). The summed E-state index contributed by atoms with van der Waals surface area (Å²) in [4.78, 5) is 1.05. The van der Waals surface area contributed by atoms with Gasteiger partial charge in [-0.3, -0.25) is 0 Å². The molecule has 0 amide bonds. The molecule has 2 N–H and O–H groups in total. The Bertz CT molecular complexity index is 589. The Morgan fingerprint density at radius 1 is 0.952 bits per heavy atom. The van der Waals surface area contributed by atoms with E-state index < -0.39 is 0 Å². The van der Waals surface area contributed by atoms with Crippen molar-refractivity contribution in [2.75, 3.05) is 32.3 Å². The fourth-order valence-electron chi connectivity index (χ4n) is 1.84. The first-order chi connectivity index (χ1) is 10.2. The number of methoxy groups -OCH3 is 2. The van der Waals surface area contributed by atoms with Crippen molar-refractivity contribution in [2.24, 2.45) is 0 Å². The van der Waals surface area contributed by atoms with Gasteiger partial charge in [0.15, 0.2) is 11.5 Å². The molecule has 0 aromatic heterocycles. The summed E-state index contributed by atoms with van der Waals surface area (Å²) in [7, 11) is 3.28. The number of anilines is 1. The SMILES string of the molecule is COc1ccccc1OCCSc1ccc(N)cc1OC. The summed E-state index contributed by atoms with van der Waals surface area (Å²) in [5.74, 6) is 3.09. The highest BCUT2D eigenvalue weighted by atomic mass is 32.2. The molecule has 0 aliphatic heterocycles. The van der Waals surface area contributed by atoms with Crippen molar-refractivity contribution >= 4 is 17.4 Å². The second-order valence-corrected chi connectivity index (χ2v) is 5.39. The number of rotatable bonds is 7. The zero-order valence-corrected chi connectivity index (χ0v) is 13.0. The minimum atomic E-state index is 0.582. The Kier molecular flexibility index (Phi) is 5.63. The zero-order valence-electron chi connectivity index (χ0n) is 12.2. The fraction of sp³-hybridized carbons (Fsp3) is 0.250. The van der Waals surface area contributed by atoms with Crippen molar-refractivity contribution in [2.45, 2.75) is 4.90 Å². The Hall–Kier alpha value is -2.01. The molecule has 4 nitrogen and oxygen atoms in total. The summed E-state index contributed by atoms with van der Waals surface area (Å²) in [6.45, 7) is 0.582. The summed E-state index contributed by atoms with van der Waals surface area (Å²) in [6.07, 6.45) is 0. The van der Waals surface area contributed by atoms with Crippen molar-refractivity contribution in [3.8, 4) is 17.2 Å². The maximum absolute atomic E-state index is 5.74. The molecule has 0 unspecified atom stereocenters. The average Bonchev–Trinajstić information content (AvgIpc) is 2.52. The molecule has 0 spiro atoms. The number of hydrogen-bond acceptors (Lipinski definition) is 5. The van der Waals surface area contributed by atoms with Gasteiger partial charge in [0.25, 0.3) is 0 Å². The molecule has 0 bridgehead atoms. The molecule has 2 aromatic rings. The van der Waals surface area contributed by atoms with E-state index in [2.05, 4.69) is 0 Å². The molecular formula is C16H19NO3S. The van der Waals surface area contributed by atoms with Crippen molar-refractivity contribution in [1.29, 1.82) is 0 Å². The molecule has 0 aliphatic carbocycles. The van der Waals surface area contributed by atoms with Crippen LogP contribution in [0.4, 0.5) is 5.69 Å². The summed E-state index contributed by atoms with van der Waals surface area (Å²) in [6, 6.07) is 13.3. The number of nitrogen functional groups attached to an aromatic ring is 1. The Balaban J connectivity index is 1.87. The van der Waals surface area contributed by atoms with Crippen LogP contribution in [0.15, 0.2) is 47.4 Å². The topological polar surface area (TPSA) is 53.7 Å². The first kappa shape index (κ1) is 15.4. The lowest BCUT2D eigenvalue weighted by Gasteiger charge is -2.11. The van der Waals surface area contributed by atoms with E-state index in [1.54, 1.807) is 26.0 Å². The van der Waals surface area contributed by atoms with Gasteiger partial charge in [0.05, 0.1) is 20.8 Å². The number of benzene rings is 2. The standard InChI is InChI=1S/C16H19NO3S/c1-18-13-5-3-4-6-14(13)20-9-10-21-16-8-7-12(17)11-15(16)19-2/h3-8,11H,9-10,17H2,1-2H3. The van der Waals surface area contributed by atoms with Crippen LogP contribution in [0.25, 0.3) is 0 Å². The van der Waals surface area contributed by atoms with Crippen LogP contribution >= 0.6 is 11.8 Å². The van der Waals surface area contributed by atoms with Crippen LogP contribution in [0.5, 0.6) is 17.2 Å². The van der Waals surface area contributed by atoms with Crippen LogP contribution < -0.4 is 19.9 Å². The minimum Gasteiger partial charge on any atom is -0.496 e. The number of para-hydroxylation sites is 2. The maximum Gasteiger partial charge on any atom is 0.161 e. The van der Waals surface area contributed by atoms with Crippen molar-refractivity contribution in [1.82, 2.24) is 0 Å². The van der Waals surface area contributed by atoms with Crippen LogP contribution in [0.2, 0.25) is 0 Å². The first-order valence-corrected chi connectivity index (χ1v) is 7.55. The van der Waals surface area contributed by atoms with Crippen LogP contribution in [0.1, 0.15) is 0 Å². The van der Waals surface area contributed by atoms with Crippen LogP contribution in [0, 0.1) is 0 Å². The van der Waals surface area contributed by atoms with Gasteiger partial charge in [0.2, 0.25) is 0 Å². The molecule has 0 atom stereocenters. The van der Waals surface area contributed by atoms with Gasteiger partial charge in [-0.15, -0.1) is 11.8 Å². The molecule has 0 fully saturated rings. The second-order valence-electron chi connectivity index (χ2n) is 4.26. The van der Waals surface area contributed by atoms with Crippen molar-refractivity contribution < 1.29 is 14.2 Å².